The van der Waals surface area contributed by atoms with Crippen LogP contribution >= 0.6 is 0 Å². The van der Waals surface area contributed by atoms with Gasteiger partial charge < -0.3 is 23.7 Å². The number of carbonyl (C=O) groups excluding carboxylic acids is 2. The molecule has 0 saturated carbocycles. The summed E-state index contributed by atoms with van der Waals surface area (Å²) in [5.74, 6) is 0.0555. The van der Waals surface area contributed by atoms with Gasteiger partial charge in [-0.15, -0.1) is 0 Å². The van der Waals surface area contributed by atoms with Gasteiger partial charge in [0.1, 0.15) is 0 Å². The molecule has 7 nitrogen and oxygen atoms in total. The molecule has 28 heavy (non-hydrogen) atoms. The Balaban J connectivity index is 1.67. The highest BCUT2D eigenvalue weighted by atomic mass is 16.5. The maximum Gasteiger partial charge on any atom is 0.289 e. The van der Waals surface area contributed by atoms with Crippen molar-refractivity contribution in [2.75, 3.05) is 46.5 Å². The molecule has 1 aromatic carbocycles. The summed E-state index contributed by atoms with van der Waals surface area (Å²) < 4.78 is 16.2. The highest BCUT2D eigenvalue weighted by molar-refractivity contribution is 5.95. The van der Waals surface area contributed by atoms with Gasteiger partial charge in [0.2, 0.25) is 0 Å². The van der Waals surface area contributed by atoms with Crippen molar-refractivity contribution < 1.29 is 23.5 Å². The molecule has 0 N–H and O–H groups in total. The highest BCUT2D eigenvalue weighted by Crippen LogP contribution is 2.16. The Bertz CT molecular complexity index is 790. The minimum Gasteiger partial charge on any atom is -0.459 e. The van der Waals surface area contributed by atoms with E-state index in [1.54, 1.807) is 29.0 Å². The van der Waals surface area contributed by atoms with Gasteiger partial charge in [0, 0.05) is 38.9 Å². The number of furan rings is 1. The maximum absolute atomic E-state index is 12.9. The van der Waals surface area contributed by atoms with E-state index in [4.69, 9.17) is 13.9 Å². The number of amides is 2. The van der Waals surface area contributed by atoms with Crippen LogP contribution in [0.15, 0.2) is 47.1 Å². The van der Waals surface area contributed by atoms with Gasteiger partial charge >= 0.3 is 0 Å². The highest BCUT2D eigenvalue weighted by Gasteiger charge is 2.29. The summed E-state index contributed by atoms with van der Waals surface area (Å²) in [6, 6.07) is 10.9. The van der Waals surface area contributed by atoms with Crippen LogP contribution < -0.4 is 0 Å². The summed E-state index contributed by atoms with van der Waals surface area (Å²) in [6.07, 6.45) is 1.21. The van der Waals surface area contributed by atoms with Gasteiger partial charge in [0.15, 0.2) is 5.76 Å². The molecule has 0 aliphatic carbocycles. The molecule has 150 valence electrons. The molecule has 1 aromatic heterocycles. The first-order chi connectivity index (χ1) is 13.6. The number of ether oxygens (including phenoxy) is 2. The molecular weight excluding hydrogens is 360 g/mol. The fraction of sp³-hybridized carbons (Fsp3) is 0.429. The number of morpholine rings is 1. The molecule has 0 bridgehead atoms. The lowest BCUT2D eigenvalue weighted by Gasteiger charge is -2.35. The van der Waals surface area contributed by atoms with Crippen LogP contribution in [0.25, 0.3) is 0 Å². The molecule has 1 unspecified atom stereocenters. The lowest BCUT2D eigenvalue weighted by Crippen LogP contribution is -2.51. The van der Waals surface area contributed by atoms with Crippen LogP contribution in [0, 0.1) is 6.92 Å². The monoisotopic (exact) mass is 386 g/mol. The second-order valence-electron chi connectivity index (χ2n) is 6.78. The first-order valence-electron chi connectivity index (χ1n) is 9.38. The summed E-state index contributed by atoms with van der Waals surface area (Å²) in [4.78, 5) is 29.0. The summed E-state index contributed by atoms with van der Waals surface area (Å²) in [7, 11) is 1.59. The van der Waals surface area contributed by atoms with Crippen LogP contribution in [0.4, 0.5) is 0 Å². The minimum absolute atomic E-state index is 0.00722. The van der Waals surface area contributed by atoms with E-state index in [9.17, 15) is 9.59 Å². The topological polar surface area (TPSA) is 72.2 Å². The molecule has 1 atom stereocenters. The predicted molar refractivity (Wildman–Crippen MR) is 103 cm³/mol. The van der Waals surface area contributed by atoms with Crippen LogP contribution in [0.3, 0.4) is 0 Å². The standard InChI is InChI=1S/C21H26N2O5/c1-16-6-3-4-7-18(16)20(24)22-10-13-27-17(14-22)15-23(9-12-26-2)21(25)19-8-5-11-28-19/h3-8,11,17H,9-10,12-15H2,1-2H3. The van der Waals surface area contributed by atoms with Crippen molar-refractivity contribution in [2.45, 2.75) is 13.0 Å². The summed E-state index contributed by atoms with van der Waals surface area (Å²) >= 11 is 0. The Labute approximate surface area is 164 Å². The largest absolute Gasteiger partial charge is 0.459 e. The zero-order valence-corrected chi connectivity index (χ0v) is 16.3. The van der Waals surface area contributed by atoms with E-state index in [1.807, 2.05) is 31.2 Å². The Kier molecular flexibility index (Phi) is 6.84. The van der Waals surface area contributed by atoms with E-state index in [-0.39, 0.29) is 23.7 Å². The first-order valence-corrected chi connectivity index (χ1v) is 9.38. The van der Waals surface area contributed by atoms with Crippen molar-refractivity contribution in [2.24, 2.45) is 0 Å². The van der Waals surface area contributed by atoms with E-state index >= 15 is 0 Å². The molecule has 2 aromatic rings. The van der Waals surface area contributed by atoms with Crippen LogP contribution in [-0.4, -0.2) is 74.2 Å². The molecule has 2 heterocycles. The van der Waals surface area contributed by atoms with Crippen molar-refractivity contribution in [1.82, 2.24) is 9.80 Å². The average molecular weight is 386 g/mol. The SMILES string of the molecule is COCCN(CC1CN(C(=O)c2ccccc2C)CCO1)C(=O)c1ccco1. The van der Waals surface area contributed by atoms with Crippen molar-refractivity contribution >= 4 is 11.8 Å². The predicted octanol–water partition coefficient (Wildman–Crippen LogP) is 2.22. The number of hydrogen-bond acceptors (Lipinski definition) is 5. The van der Waals surface area contributed by atoms with Gasteiger partial charge in [0.25, 0.3) is 11.8 Å². The Morgan fingerprint density at radius 2 is 2.07 bits per heavy atom. The molecule has 1 fully saturated rings. The summed E-state index contributed by atoms with van der Waals surface area (Å²) in [5.41, 5.74) is 1.65. The van der Waals surface area contributed by atoms with Gasteiger partial charge in [-0.05, 0) is 30.7 Å². The van der Waals surface area contributed by atoms with Crippen LogP contribution in [0.2, 0.25) is 0 Å². The Morgan fingerprint density at radius 1 is 1.25 bits per heavy atom. The molecule has 3 rings (SSSR count). The van der Waals surface area contributed by atoms with Gasteiger partial charge in [-0.2, -0.15) is 0 Å². The van der Waals surface area contributed by atoms with E-state index in [0.717, 1.165) is 5.56 Å². The van der Waals surface area contributed by atoms with Crippen LogP contribution in [0.5, 0.6) is 0 Å². The van der Waals surface area contributed by atoms with Crippen molar-refractivity contribution in [1.29, 1.82) is 0 Å². The second kappa shape index (κ2) is 9.52. The third kappa shape index (κ3) is 4.79. The fourth-order valence-corrected chi connectivity index (χ4v) is 3.28. The second-order valence-corrected chi connectivity index (χ2v) is 6.78. The smallest absolute Gasteiger partial charge is 0.289 e. The maximum atomic E-state index is 12.9. The van der Waals surface area contributed by atoms with Crippen molar-refractivity contribution in [3.05, 3.63) is 59.5 Å². The zero-order chi connectivity index (χ0) is 19.9. The fourth-order valence-electron chi connectivity index (χ4n) is 3.28. The first kappa shape index (κ1) is 20.1. The minimum atomic E-state index is -0.266. The number of aryl methyl sites for hydroxylation is 1. The molecular formula is C21H26N2O5. The van der Waals surface area contributed by atoms with Crippen LogP contribution in [0.1, 0.15) is 26.5 Å². The van der Waals surface area contributed by atoms with Crippen LogP contribution in [-0.2, 0) is 9.47 Å². The number of methoxy groups -OCH3 is 1. The number of carbonyl (C=O) groups is 2. The lowest BCUT2D eigenvalue weighted by atomic mass is 10.1. The quantitative estimate of drug-likeness (QED) is 0.730. The Morgan fingerprint density at radius 3 is 2.79 bits per heavy atom. The van der Waals surface area contributed by atoms with Gasteiger partial charge in [0.05, 0.1) is 25.6 Å². The van der Waals surface area contributed by atoms with Crippen molar-refractivity contribution in [3.63, 3.8) is 0 Å². The lowest BCUT2D eigenvalue weighted by molar-refractivity contribution is -0.0350. The summed E-state index contributed by atoms with van der Waals surface area (Å²) in [5, 5.41) is 0. The average Bonchev–Trinajstić information content (AvgIpc) is 3.25. The van der Waals surface area contributed by atoms with E-state index in [1.165, 1.54) is 6.26 Å². The van der Waals surface area contributed by atoms with E-state index < -0.39 is 0 Å². The molecule has 0 radical (unpaired) electrons. The molecule has 1 aliphatic heterocycles. The normalized spacial score (nSPS) is 16.8. The van der Waals surface area contributed by atoms with Gasteiger partial charge in [-0.25, -0.2) is 0 Å². The summed E-state index contributed by atoms with van der Waals surface area (Å²) in [6.45, 7) is 4.53. The number of hydrogen-bond donors (Lipinski definition) is 0. The number of nitrogens with zero attached hydrogens (tertiary/aromatic N) is 2. The Hall–Kier alpha value is -2.64. The van der Waals surface area contributed by atoms with E-state index in [0.29, 0.717) is 45.0 Å². The van der Waals surface area contributed by atoms with E-state index in [2.05, 4.69) is 0 Å². The van der Waals surface area contributed by atoms with Gasteiger partial charge in [-0.1, -0.05) is 18.2 Å². The third-order valence-electron chi connectivity index (χ3n) is 4.81. The molecule has 1 saturated heterocycles. The molecule has 2 amide bonds. The van der Waals surface area contributed by atoms with Gasteiger partial charge in [-0.3, -0.25) is 9.59 Å². The molecule has 7 heteroatoms. The third-order valence-corrected chi connectivity index (χ3v) is 4.81. The number of rotatable bonds is 7. The number of benzene rings is 1. The molecule has 1 aliphatic rings. The van der Waals surface area contributed by atoms with Crippen molar-refractivity contribution in [3.8, 4) is 0 Å². The zero-order valence-electron chi connectivity index (χ0n) is 16.3. The molecule has 0 spiro atoms.